The SMILES string of the molecule is Cc1ccc(C)c2sc(N3CCC(C(N)=O)CC3)nc12. The molecule has 3 rings (SSSR count). The van der Waals surface area contributed by atoms with Gasteiger partial charge in [-0.25, -0.2) is 4.98 Å². The number of benzene rings is 1. The standard InChI is InChI=1S/C15H19N3OS/c1-9-3-4-10(2)13-12(9)17-15(20-13)18-7-5-11(6-8-18)14(16)19/h3-4,11H,5-8H2,1-2H3,(H2,16,19). The van der Waals surface area contributed by atoms with Gasteiger partial charge >= 0.3 is 0 Å². The molecule has 4 nitrogen and oxygen atoms in total. The molecule has 0 saturated carbocycles. The first-order chi connectivity index (χ1) is 9.56. The van der Waals surface area contributed by atoms with E-state index in [0.717, 1.165) is 36.6 Å². The summed E-state index contributed by atoms with van der Waals surface area (Å²) in [5.74, 6) is -0.135. The van der Waals surface area contributed by atoms with Crippen LogP contribution in [0.3, 0.4) is 0 Å². The second-order valence-electron chi connectivity index (χ2n) is 5.54. The van der Waals surface area contributed by atoms with Crippen LogP contribution in [-0.2, 0) is 4.79 Å². The Hall–Kier alpha value is -1.62. The van der Waals surface area contributed by atoms with Gasteiger partial charge in [0, 0.05) is 19.0 Å². The Morgan fingerprint density at radius 3 is 2.55 bits per heavy atom. The van der Waals surface area contributed by atoms with Gasteiger partial charge < -0.3 is 10.6 Å². The number of hydrogen-bond acceptors (Lipinski definition) is 4. The van der Waals surface area contributed by atoms with Crippen molar-refractivity contribution in [1.82, 2.24) is 4.98 Å². The highest BCUT2D eigenvalue weighted by molar-refractivity contribution is 7.22. The van der Waals surface area contributed by atoms with Crippen LogP contribution in [0.25, 0.3) is 10.2 Å². The van der Waals surface area contributed by atoms with Crippen molar-refractivity contribution in [3.63, 3.8) is 0 Å². The fourth-order valence-electron chi connectivity index (χ4n) is 2.74. The number of thiazole rings is 1. The number of aromatic nitrogens is 1. The molecule has 1 aliphatic rings. The van der Waals surface area contributed by atoms with Crippen molar-refractivity contribution in [2.75, 3.05) is 18.0 Å². The Labute approximate surface area is 122 Å². The van der Waals surface area contributed by atoms with Crippen LogP contribution < -0.4 is 10.6 Å². The number of amides is 1. The molecule has 1 amide bonds. The molecule has 1 fully saturated rings. The van der Waals surface area contributed by atoms with Crippen LogP contribution in [0.1, 0.15) is 24.0 Å². The van der Waals surface area contributed by atoms with Crippen molar-refractivity contribution in [3.8, 4) is 0 Å². The molecule has 5 heteroatoms. The monoisotopic (exact) mass is 289 g/mol. The summed E-state index contributed by atoms with van der Waals surface area (Å²) in [5, 5.41) is 1.07. The first-order valence-electron chi connectivity index (χ1n) is 6.97. The van der Waals surface area contributed by atoms with Crippen molar-refractivity contribution >= 4 is 32.6 Å². The Balaban J connectivity index is 1.87. The highest BCUT2D eigenvalue weighted by atomic mass is 32.1. The highest BCUT2D eigenvalue weighted by Crippen LogP contribution is 2.34. The maximum absolute atomic E-state index is 11.2. The maximum atomic E-state index is 11.2. The van der Waals surface area contributed by atoms with Crippen LogP contribution in [0.5, 0.6) is 0 Å². The number of anilines is 1. The van der Waals surface area contributed by atoms with E-state index in [1.807, 2.05) is 0 Å². The van der Waals surface area contributed by atoms with Gasteiger partial charge in [0.25, 0.3) is 0 Å². The molecule has 106 valence electrons. The minimum Gasteiger partial charge on any atom is -0.369 e. The summed E-state index contributed by atoms with van der Waals surface area (Å²) in [6.45, 7) is 5.96. The molecule has 1 aromatic carbocycles. The van der Waals surface area contributed by atoms with Gasteiger partial charge in [-0.3, -0.25) is 4.79 Å². The van der Waals surface area contributed by atoms with Crippen molar-refractivity contribution in [2.24, 2.45) is 11.7 Å². The third-order valence-corrected chi connectivity index (χ3v) is 5.35. The fourth-order valence-corrected chi connectivity index (χ4v) is 3.90. The Morgan fingerprint density at radius 2 is 1.95 bits per heavy atom. The van der Waals surface area contributed by atoms with Gasteiger partial charge in [0.1, 0.15) is 0 Å². The minimum atomic E-state index is -0.166. The molecule has 0 aliphatic carbocycles. The number of primary amides is 1. The summed E-state index contributed by atoms with van der Waals surface area (Å²) in [4.78, 5) is 18.3. The molecule has 0 radical (unpaired) electrons. The average Bonchev–Trinajstić information content (AvgIpc) is 2.89. The van der Waals surface area contributed by atoms with Crippen LogP contribution in [0.15, 0.2) is 12.1 Å². The van der Waals surface area contributed by atoms with E-state index in [9.17, 15) is 4.79 Å². The molecular formula is C15H19N3OS. The molecule has 2 heterocycles. The summed E-state index contributed by atoms with van der Waals surface area (Å²) in [7, 11) is 0. The molecule has 1 aromatic heterocycles. The van der Waals surface area contributed by atoms with Gasteiger partial charge in [0.2, 0.25) is 5.91 Å². The molecule has 1 aliphatic heterocycles. The quantitative estimate of drug-likeness (QED) is 0.924. The van der Waals surface area contributed by atoms with Crippen LogP contribution in [-0.4, -0.2) is 24.0 Å². The number of hydrogen-bond donors (Lipinski definition) is 1. The average molecular weight is 289 g/mol. The van der Waals surface area contributed by atoms with E-state index >= 15 is 0 Å². The lowest BCUT2D eigenvalue weighted by Crippen LogP contribution is -2.38. The molecule has 2 aromatic rings. The number of nitrogens with two attached hydrogens (primary N) is 1. The third-order valence-electron chi connectivity index (χ3n) is 4.10. The Bertz CT molecular complexity index is 617. The normalized spacial score (nSPS) is 16.8. The van der Waals surface area contributed by atoms with Crippen LogP contribution >= 0.6 is 11.3 Å². The zero-order valence-corrected chi connectivity index (χ0v) is 12.7. The Kier molecular flexibility index (Phi) is 3.38. The highest BCUT2D eigenvalue weighted by Gasteiger charge is 2.25. The van der Waals surface area contributed by atoms with E-state index in [4.69, 9.17) is 10.7 Å². The molecule has 1 saturated heterocycles. The van der Waals surface area contributed by atoms with E-state index in [-0.39, 0.29) is 11.8 Å². The van der Waals surface area contributed by atoms with Crippen molar-refractivity contribution in [1.29, 1.82) is 0 Å². The number of fused-ring (bicyclic) bond motifs is 1. The molecule has 20 heavy (non-hydrogen) atoms. The summed E-state index contributed by atoms with van der Waals surface area (Å²) in [6, 6.07) is 4.28. The lowest BCUT2D eigenvalue weighted by molar-refractivity contribution is -0.122. The van der Waals surface area contributed by atoms with E-state index < -0.39 is 0 Å². The van der Waals surface area contributed by atoms with Gasteiger partial charge in [-0.05, 0) is 37.8 Å². The number of aryl methyl sites for hydroxylation is 2. The number of carbonyl (C=O) groups is 1. The van der Waals surface area contributed by atoms with Crippen molar-refractivity contribution < 1.29 is 4.79 Å². The lowest BCUT2D eigenvalue weighted by atomic mass is 9.97. The van der Waals surface area contributed by atoms with Gasteiger partial charge in [-0.1, -0.05) is 23.5 Å². The third kappa shape index (κ3) is 2.26. The number of carbonyl (C=O) groups excluding carboxylic acids is 1. The number of rotatable bonds is 2. The zero-order valence-electron chi connectivity index (χ0n) is 11.8. The largest absolute Gasteiger partial charge is 0.369 e. The summed E-state index contributed by atoms with van der Waals surface area (Å²) in [5.41, 5.74) is 9.00. The molecular weight excluding hydrogens is 270 g/mol. The van der Waals surface area contributed by atoms with Gasteiger partial charge in [0.05, 0.1) is 10.2 Å². The summed E-state index contributed by atoms with van der Waals surface area (Å²) < 4.78 is 1.28. The molecule has 0 spiro atoms. The summed E-state index contributed by atoms with van der Waals surface area (Å²) in [6.07, 6.45) is 1.67. The second-order valence-corrected chi connectivity index (χ2v) is 6.51. The van der Waals surface area contributed by atoms with Crippen LogP contribution in [0.2, 0.25) is 0 Å². The van der Waals surface area contributed by atoms with Crippen LogP contribution in [0.4, 0.5) is 5.13 Å². The van der Waals surface area contributed by atoms with Crippen molar-refractivity contribution in [3.05, 3.63) is 23.3 Å². The Morgan fingerprint density at radius 1 is 1.30 bits per heavy atom. The smallest absolute Gasteiger partial charge is 0.220 e. The first kappa shape index (κ1) is 13.4. The van der Waals surface area contributed by atoms with E-state index in [1.165, 1.54) is 15.8 Å². The van der Waals surface area contributed by atoms with Gasteiger partial charge in [-0.2, -0.15) is 0 Å². The van der Waals surface area contributed by atoms with Crippen LogP contribution in [0, 0.1) is 19.8 Å². The topological polar surface area (TPSA) is 59.2 Å². The predicted octanol–water partition coefficient (Wildman–Crippen LogP) is 2.61. The first-order valence-corrected chi connectivity index (χ1v) is 7.79. The number of nitrogens with zero attached hydrogens (tertiary/aromatic N) is 2. The lowest BCUT2D eigenvalue weighted by Gasteiger charge is -2.30. The summed E-state index contributed by atoms with van der Waals surface area (Å²) >= 11 is 1.75. The van der Waals surface area contributed by atoms with E-state index in [0.29, 0.717) is 0 Å². The van der Waals surface area contributed by atoms with E-state index in [1.54, 1.807) is 11.3 Å². The van der Waals surface area contributed by atoms with Gasteiger partial charge in [0.15, 0.2) is 5.13 Å². The van der Waals surface area contributed by atoms with E-state index in [2.05, 4.69) is 30.9 Å². The zero-order chi connectivity index (χ0) is 14.3. The molecule has 0 unspecified atom stereocenters. The second kappa shape index (κ2) is 5.05. The predicted molar refractivity (Wildman–Crippen MR) is 83.2 cm³/mol. The van der Waals surface area contributed by atoms with Gasteiger partial charge in [-0.15, -0.1) is 0 Å². The maximum Gasteiger partial charge on any atom is 0.220 e. The minimum absolute atomic E-state index is 0.0316. The molecule has 0 atom stereocenters. The number of piperidine rings is 1. The molecule has 0 bridgehead atoms. The fraction of sp³-hybridized carbons (Fsp3) is 0.467. The molecule has 2 N–H and O–H groups in total. The van der Waals surface area contributed by atoms with Crippen molar-refractivity contribution in [2.45, 2.75) is 26.7 Å².